The number of hydrogen-bond donors (Lipinski definition) is 2. The molecule has 0 heterocycles. The minimum atomic E-state index is -0.0450. The molecule has 2 N–H and O–H groups in total. The summed E-state index contributed by atoms with van der Waals surface area (Å²) in [5.74, 6) is 0.265. The van der Waals surface area contributed by atoms with Crippen LogP contribution in [0.1, 0.15) is 25.5 Å². The number of methoxy groups -OCH3 is 1. The van der Waals surface area contributed by atoms with Crippen molar-refractivity contribution in [2.45, 2.75) is 19.9 Å². The van der Waals surface area contributed by atoms with Crippen LogP contribution in [0.25, 0.3) is 0 Å². The highest BCUT2D eigenvalue weighted by atomic mass is 16.5. The molecular formula is C13H21NO3. The van der Waals surface area contributed by atoms with Gasteiger partial charge in [-0.1, -0.05) is 13.0 Å². The molecule has 1 rings (SSSR count). The van der Waals surface area contributed by atoms with Crippen LogP contribution in [0.3, 0.4) is 0 Å². The van der Waals surface area contributed by atoms with Crippen molar-refractivity contribution in [3.63, 3.8) is 0 Å². The minimum absolute atomic E-state index is 0.0450. The number of nitrogens with zero attached hydrogens (tertiary/aromatic N) is 1. The molecule has 1 unspecified atom stereocenters. The van der Waals surface area contributed by atoms with E-state index in [9.17, 15) is 10.2 Å². The van der Waals surface area contributed by atoms with Crippen LogP contribution in [0.2, 0.25) is 0 Å². The van der Waals surface area contributed by atoms with Gasteiger partial charge in [0.05, 0.1) is 12.2 Å². The summed E-state index contributed by atoms with van der Waals surface area (Å²) in [5.41, 5.74) is 0.574. The maximum Gasteiger partial charge on any atom is 0.124 e. The topological polar surface area (TPSA) is 52.9 Å². The first-order valence-electron chi connectivity index (χ1n) is 5.85. The van der Waals surface area contributed by atoms with E-state index < -0.39 is 0 Å². The Morgan fingerprint density at radius 1 is 1.29 bits per heavy atom. The SMILES string of the molecule is CCN(CCOC)C(C)c1c(O)cccc1O. The van der Waals surface area contributed by atoms with E-state index in [1.54, 1.807) is 25.3 Å². The van der Waals surface area contributed by atoms with Crippen LogP contribution in [-0.4, -0.2) is 41.9 Å². The third-order valence-electron chi connectivity index (χ3n) is 3.01. The van der Waals surface area contributed by atoms with Crippen molar-refractivity contribution in [2.75, 3.05) is 26.8 Å². The lowest BCUT2D eigenvalue weighted by Gasteiger charge is -2.28. The van der Waals surface area contributed by atoms with Crippen molar-refractivity contribution < 1.29 is 14.9 Å². The number of aromatic hydroxyl groups is 2. The average molecular weight is 239 g/mol. The van der Waals surface area contributed by atoms with Crippen LogP contribution in [0.5, 0.6) is 11.5 Å². The van der Waals surface area contributed by atoms with Crippen molar-refractivity contribution >= 4 is 0 Å². The van der Waals surface area contributed by atoms with E-state index in [0.29, 0.717) is 12.2 Å². The summed E-state index contributed by atoms with van der Waals surface area (Å²) < 4.78 is 5.05. The molecule has 1 aromatic rings. The summed E-state index contributed by atoms with van der Waals surface area (Å²) in [6.45, 7) is 6.24. The Balaban J connectivity index is 2.89. The predicted octanol–water partition coefficient (Wildman–Crippen LogP) is 2.13. The van der Waals surface area contributed by atoms with E-state index >= 15 is 0 Å². The Morgan fingerprint density at radius 2 is 1.88 bits per heavy atom. The van der Waals surface area contributed by atoms with Gasteiger partial charge in [0.15, 0.2) is 0 Å². The van der Waals surface area contributed by atoms with Gasteiger partial charge in [-0.2, -0.15) is 0 Å². The van der Waals surface area contributed by atoms with Gasteiger partial charge in [-0.25, -0.2) is 0 Å². The summed E-state index contributed by atoms with van der Waals surface area (Å²) >= 11 is 0. The third-order valence-corrected chi connectivity index (χ3v) is 3.01. The maximum atomic E-state index is 9.81. The molecule has 0 bridgehead atoms. The Labute approximate surface area is 102 Å². The fourth-order valence-electron chi connectivity index (χ4n) is 1.99. The van der Waals surface area contributed by atoms with Gasteiger partial charge in [-0.3, -0.25) is 4.90 Å². The molecule has 17 heavy (non-hydrogen) atoms. The van der Waals surface area contributed by atoms with E-state index in [2.05, 4.69) is 4.90 Å². The first-order chi connectivity index (χ1) is 8.11. The summed E-state index contributed by atoms with van der Waals surface area (Å²) in [7, 11) is 1.66. The maximum absolute atomic E-state index is 9.81. The number of rotatable bonds is 6. The Kier molecular flexibility index (Phi) is 5.25. The molecule has 0 aromatic heterocycles. The molecule has 0 amide bonds. The van der Waals surface area contributed by atoms with Gasteiger partial charge in [0.25, 0.3) is 0 Å². The van der Waals surface area contributed by atoms with Crippen LogP contribution >= 0.6 is 0 Å². The molecule has 0 aliphatic rings. The third kappa shape index (κ3) is 3.35. The molecule has 0 spiro atoms. The zero-order chi connectivity index (χ0) is 12.8. The lowest BCUT2D eigenvalue weighted by molar-refractivity contribution is 0.127. The standard InChI is InChI=1S/C13H21NO3/c1-4-14(8-9-17-3)10(2)13-11(15)6-5-7-12(13)16/h5-7,10,15-16H,4,8-9H2,1-3H3. The first-order valence-corrected chi connectivity index (χ1v) is 5.85. The van der Waals surface area contributed by atoms with Crippen LogP contribution in [0.4, 0.5) is 0 Å². The number of phenols is 2. The van der Waals surface area contributed by atoms with Crippen molar-refractivity contribution in [2.24, 2.45) is 0 Å². The van der Waals surface area contributed by atoms with Gasteiger partial charge >= 0.3 is 0 Å². The van der Waals surface area contributed by atoms with Crippen LogP contribution in [-0.2, 0) is 4.74 Å². The molecule has 0 aliphatic heterocycles. The highest BCUT2D eigenvalue weighted by molar-refractivity contribution is 5.44. The predicted molar refractivity (Wildman–Crippen MR) is 67.3 cm³/mol. The highest BCUT2D eigenvalue weighted by Crippen LogP contribution is 2.35. The van der Waals surface area contributed by atoms with Crippen LogP contribution in [0, 0.1) is 0 Å². The van der Waals surface area contributed by atoms with Gasteiger partial charge in [0, 0.05) is 19.7 Å². The van der Waals surface area contributed by atoms with Crippen molar-refractivity contribution in [1.82, 2.24) is 4.90 Å². The summed E-state index contributed by atoms with van der Waals surface area (Å²) in [5, 5.41) is 19.6. The quantitative estimate of drug-likeness (QED) is 0.798. The number of likely N-dealkylation sites (N-methyl/N-ethyl adjacent to an activating group) is 1. The fourth-order valence-corrected chi connectivity index (χ4v) is 1.99. The molecule has 4 heteroatoms. The number of hydrogen-bond acceptors (Lipinski definition) is 4. The molecule has 96 valence electrons. The molecule has 1 aromatic carbocycles. The second kappa shape index (κ2) is 6.47. The minimum Gasteiger partial charge on any atom is -0.507 e. The zero-order valence-corrected chi connectivity index (χ0v) is 10.7. The smallest absolute Gasteiger partial charge is 0.124 e. The zero-order valence-electron chi connectivity index (χ0n) is 10.7. The van der Waals surface area contributed by atoms with E-state index in [0.717, 1.165) is 13.1 Å². The van der Waals surface area contributed by atoms with Crippen LogP contribution < -0.4 is 0 Å². The molecular weight excluding hydrogens is 218 g/mol. The van der Waals surface area contributed by atoms with Gasteiger partial charge in [-0.15, -0.1) is 0 Å². The van der Waals surface area contributed by atoms with E-state index in [1.165, 1.54) is 0 Å². The largest absolute Gasteiger partial charge is 0.507 e. The fraction of sp³-hybridized carbons (Fsp3) is 0.538. The second-order valence-electron chi connectivity index (χ2n) is 4.01. The highest BCUT2D eigenvalue weighted by Gasteiger charge is 2.20. The number of phenolic OH excluding ortho intramolecular Hbond substituents is 2. The Morgan fingerprint density at radius 3 is 2.35 bits per heavy atom. The summed E-state index contributed by atoms with van der Waals surface area (Å²) in [6.07, 6.45) is 0. The van der Waals surface area contributed by atoms with Gasteiger partial charge in [-0.05, 0) is 25.6 Å². The monoisotopic (exact) mass is 239 g/mol. The molecule has 1 atom stereocenters. The lowest BCUT2D eigenvalue weighted by atomic mass is 10.0. The first kappa shape index (κ1) is 13.8. The van der Waals surface area contributed by atoms with Gasteiger partial charge in [0.1, 0.15) is 11.5 Å². The number of ether oxygens (including phenoxy) is 1. The van der Waals surface area contributed by atoms with Crippen molar-refractivity contribution in [3.05, 3.63) is 23.8 Å². The Hall–Kier alpha value is -1.26. The van der Waals surface area contributed by atoms with E-state index in [-0.39, 0.29) is 17.5 Å². The molecule has 0 saturated heterocycles. The molecule has 0 saturated carbocycles. The normalized spacial score (nSPS) is 12.9. The van der Waals surface area contributed by atoms with Crippen molar-refractivity contribution in [3.8, 4) is 11.5 Å². The van der Waals surface area contributed by atoms with Gasteiger partial charge in [0.2, 0.25) is 0 Å². The van der Waals surface area contributed by atoms with Crippen molar-refractivity contribution in [1.29, 1.82) is 0 Å². The van der Waals surface area contributed by atoms with Gasteiger partial charge < -0.3 is 14.9 Å². The average Bonchev–Trinajstić information content (AvgIpc) is 2.30. The van der Waals surface area contributed by atoms with E-state index in [4.69, 9.17) is 4.74 Å². The second-order valence-corrected chi connectivity index (χ2v) is 4.01. The Bertz CT molecular complexity index is 334. The lowest BCUT2D eigenvalue weighted by Crippen LogP contribution is -2.30. The summed E-state index contributed by atoms with van der Waals surface area (Å²) in [6, 6.07) is 4.77. The van der Waals surface area contributed by atoms with E-state index in [1.807, 2.05) is 13.8 Å². The summed E-state index contributed by atoms with van der Waals surface area (Å²) in [4.78, 5) is 2.14. The molecule has 0 fully saturated rings. The number of benzene rings is 1. The van der Waals surface area contributed by atoms with Crippen LogP contribution in [0.15, 0.2) is 18.2 Å². The molecule has 4 nitrogen and oxygen atoms in total. The molecule has 0 aliphatic carbocycles. The molecule has 0 radical (unpaired) electrons.